The zero-order chi connectivity index (χ0) is 14.4. The third kappa shape index (κ3) is 3.62. The molecule has 104 valence electrons. The van der Waals surface area contributed by atoms with Crippen LogP contribution in [0.1, 0.15) is 15.9 Å². The monoisotopic (exact) mass is 287 g/mol. The number of ether oxygens (including phenoxy) is 1. The van der Waals surface area contributed by atoms with Gasteiger partial charge in [-0.15, -0.1) is 11.8 Å². The van der Waals surface area contributed by atoms with Crippen LogP contribution in [0.2, 0.25) is 0 Å². The molecule has 0 saturated carbocycles. The molecule has 0 radical (unpaired) electrons. The van der Waals surface area contributed by atoms with Gasteiger partial charge >= 0.3 is 0 Å². The molecule has 0 fully saturated rings. The highest BCUT2D eigenvalue weighted by Gasteiger charge is 2.08. The number of amides is 1. The van der Waals surface area contributed by atoms with Crippen LogP contribution in [0.15, 0.2) is 53.4 Å². The van der Waals surface area contributed by atoms with Crippen LogP contribution in [-0.4, -0.2) is 19.3 Å². The number of anilines is 1. The Bertz CT molecular complexity index is 581. The van der Waals surface area contributed by atoms with Crippen molar-refractivity contribution in [1.29, 1.82) is 0 Å². The van der Waals surface area contributed by atoms with Crippen molar-refractivity contribution >= 4 is 23.4 Å². The molecule has 0 aliphatic heterocycles. The molecule has 0 aliphatic carbocycles. The lowest BCUT2D eigenvalue weighted by atomic mass is 10.1. The Balaban J connectivity index is 2.11. The second-order valence-electron chi connectivity index (χ2n) is 4.28. The van der Waals surface area contributed by atoms with E-state index in [-0.39, 0.29) is 5.91 Å². The van der Waals surface area contributed by atoms with Crippen LogP contribution >= 0.6 is 11.8 Å². The molecule has 2 aromatic carbocycles. The zero-order valence-electron chi connectivity index (χ0n) is 11.6. The standard InChI is InChI=1S/C16H17NO2S/c1-19-11-12-7-9-13(10-8-12)16(18)17-14-5-3-4-6-15(14)20-2/h3-10H,11H2,1-2H3,(H,17,18). The lowest BCUT2D eigenvalue weighted by Crippen LogP contribution is -2.12. The summed E-state index contributed by atoms with van der Waals surface area (Å²) < 4.78 is 5.05. The molecule has 0 spiro atoms. The number of nitrogens with one attached hydrogen (secondary N) is 1. The van der Waals surface area contributed by atoms with E-state index in [0.717, 1.165) is 16.1 Å². The van der Waals surface area contributed by atoms with Gasteiger partial charge in [-0.25, -0.2) is 0 Å². The molecule has 20 heavy (non-hydrogen) atoms. The number of benzene rings is 2. The predicted molar refractivity (Wildman–Crippen MR) is 83.3 cm³/mol. The Morgan fingerprint density at radius 1 is 1.15 bits per heavy atom. The SMILES string of the molecule is COCc1ccc(C(=O)Nc2ccccc2SC)cc1. The van der Waals surface area contributed by atoms with Gasteiger partial charge in [0.2, 0.25) is 0 Å². The minimum absolute atomic E-state index is 0.101. The molecular formula is C16H17NO2S. The Labute approximate surface area is 123 Å². The molecule has 0 aliphatic rings. The fourth-order valence-corrected chi connectivity index (χ4v) is 2.42. The van der Waals surface area contributed by atoms with Crippen molar-refractivity contribution in [1.82, 2.24) is 0 Å². The van der Waals surface area contributed by atoms with E-state index in [2.05, 4.69) is 5.32 Å². The van der Waals surface area contributed by atoms with Crippen molar-refractivity contribution in [2.75, 3.05) is 18.7 Å². The zero-order valence-corrected chi connectivity index (χ0v) is 12.4. The summed E-state index contributed by atoms with van der Waals surface area (Å²) in [4.78, 5) is 13.3. The van der Waals surface area contributed by atoms with Gasteiger partial charge in [0.05, 0.1) is 12.3 Å². The van der Waals surface area contributed by atoms with Gasteiger partial charge < -0.3 is 10.1 Å². The Morgan fingerprint density at radius 3 is 2.50 bits per heavy atom. The Hall–Kier alpha value is -1.78. The molecular weight excluding hydrogens is 270 g/mol. The molecule has 0 atom stereocenters. The summed E-state index contributed by atoms with van der Waals surface area (Å²) in [7, 11) is 1.65. The number of hydrogen-bond acceptors (Lipinski definition) is 3. The van der Waals surface area contributed by atoms with Gasteiger partial charge in [0.25, 0.3) is 5.91 Å². The van der Waals surface area contributed by atoms with E-state index in [1.807, 2.05) is 54.8 Å². The van der Waals surface area contributed by atoms with Crippen LogP contribution in [-0.2, 0) is 11.3 Å². The maximum absolute atomic E-state index is 12.2. The topological polar surface area (TPSA) is 38.3 Å². The van der Waals surface area contributed by atoms with Crippen molar-refractivity contribution in [3.05, 3.63) is 59.7 Å². The van der Waals surface area contributed by atoms with Gasteiger partial charge in [0.15, 0.2) is 0 Å². The molecule has 0 heterocycles. The highest BCUT2D eigenvalue weighted by atomic mass is 32.2. The van der Waals surface area contributed by atoms with E-state index < -0.39 is 0 Å². The minimum Gasteiger partial charge on any atom is -0.380 e. The fourth-order valence-electron chi connectivity index (χ4n) is 1.86. The first kappa shape index (κ1) is 14.6. The van der Waals surface area contributed by atoms with E-state index >= 15 is 0 Å². The molecule has 0 saturated heterocycles. The Morgan fingerprint density at radius 2 is 1.85 bits per heavy atom. The number of carbonyl (C=O) groups is 1. The number of methoxy groups -OCH3 is 1. The van der Waals surface area contributed by atoms with Crippen molar-refractivity contribution in [2.24, 2.45) is 0 Å². The summed E-state index contributed by atoms with van der Waals surface area (Å²) in [6, 6.07) is 15.2. The number of thioether (sulfide) groups is 1. The van der Waals surface area contributed by atoms with Crippen molar-refractivity contribution < 1.29 is 9.53 Å². The first-order valence-electron chi connectivity index (χ1n) is 6.27. The summed E-state index contributed by atoms with van der Waals surface area (Å²) in [5, 5.41) is 2.94. The molecule has 1 amide bonds. The highest BCUT2D eigenvalue weighted by molar-refractivity contribution is 7.98. The van der Waals surface area contributed by atoms with Gasteiger partial charge in [-0.05, 0) is 36.1 Å². The molecule has 1 N–H and O–H groups in total. The third-order valence-electron chi connectivity index (χ3n) is 2.88. The van der Waals surface area contributed by atoms with Crippen LogP contribution in [0.3, 0.4) is 0 Å². The Kier molecular flexibility index (Phi) is 5.21. The molecule has 0 bridgehead atoms. The predicted octanol–water partition coefficient (Wildman–Crippen LogP) is 3.81. The van der Waals surface area contributed by atoms with Crippen LogP contribution < -0.4 is 5.32 Å². The first-order chi connectivity index (χ1) is 9.74. The molecule has 4 heteroatoms. The molecule has 2 rings (SSSR count). The van der Waals surface area contributed by atoms with Crippen LogP contribution in [0, 0.1) is 0 Å². The van der Waals surface area contributed by atoms with E-state index in [9.17, 15) is 4.79 Å². The maximum Gasteiger partial charge on any atom is 0.255 e. The second kappa shape index (κ2) is 7.12. The smallest absolute Gasteiger partial charge is 0.255 e. The van der Waals surface area contributed by atoms with Gasteiger partial charge in [-0.1, -0.05) is 24.3 Å². The van der Waals surface area contributed by atoms with Crippen LogP contribution in [0.5, 0.6) is 0 Å². The van der Waals surface area contributed by atoms with E-state index in [1.54, 1.807) is 18.9 Å². The molecule has 0 aromatic heterocycles. The fraction of sp³-hybridized carbons (Fsp3) is 0.188. The number of carbonyl (C=O) groups excluding carboxylic acids is 1. The number of hydrogen-bond donors (Lipinski definition) is 1. The van der Waals surface area contributed by atoms with Crippen molar-refractivity contribution in [3.8, 4) is 0 Å². The van der Waals surface area contributed by atoms with Gasteiger partial charge in [0.1, 0.15) is 0 Å². The maximum atomic E-state index is 12.2. The van der Waals surface area contributed by atoms with Crippen LogP contribution in [0.4, 0.5) is 5.69 Å². The lowest BCUT2D eigenvalue weighted by molar-refractivity contribution is 0.102. The van der Waals surface area contributed by atoms with Crippen molar-refractivity contribution in [3.63, 3.8) is 0 Å². The molecule has 3 nitrogen and oxygen atoms in total. The highest BCUT2D eigenvalue weighted by Crippen LogP contribution is 2.25. The summed E-state index contributed by atoms with van der Waals surface area (Å²) in [5.41, 5.74) is 2.53. The third-order valence-corrected chi connectivity index (χ3v) is 3.68. The van der Waals surface area contributed by atoms with Gasteiger partial charge in [0, 0.05) is 17.6 Å². The average molecular weight is 287 g/mol. The first-order valence-corrected chi connectivity index (χ1v) is 7.49. The van der Waals surface area contributed by atoms with Crippen molar-refractivity contribution in [2.45, 2.75) is 11.5 Å². The summed E-state index contributed by atoms with van der Waals surface area (Å²) in [6.45, 7) is 0.553. The largest absolute Gasteiger partial charge is 0.380 e. The summed E-state index contributed by atoms with van der Waals surface area (Å²) in [6.07, 6.45) is 1.99. The summed E-state index contributed by atoms with van der Waals surface area (Å²) in [5.74, 6) is -0.101. The molecule has 0 unspecified atom stereocenters. The van der Waals surface area contributed by atoms with Crippen LogP contribution in [0.25, 0.3) is 0 Å². The van der Waals surface area contributed by atoms with E-state index in [4.69, 9.17) is 4.74 Å². The average Bonchev–Trinajstić information content (AvgIpc) is 2.49. The van der Waals surface area contributed by atoms with Gasteiger partial charge in [-0.2, -0.15) is 0 Å². The lowest BCUT2D eigenvalue weighted by Gasteiger charge is -2.09. The summed E-state index contributed by atoms with van der Waals surface area (Å²) >= 11 is 1.61. The molecule has 2 aromatic rings. The quantitative estimate of drug-likeness (QED) is 0.850. The minimum atomic E-state index is -0.101. The number of rotatable bonds is 5. The van der Waals surface area contributed by atoms with E-state index in [0.29, 0.717) is 12.2 Å². The van der Waals surface area contributed by atoms with E-state index in [1.165, 1.54) is 0 Å². The second-order valence-corrected chi connectivity index (χ2v) is 5.13. The van der Waals surface area contributed by atoms with Gasteiger partial charge in [-0.3, -0.25) is 4.79 Å². The normalized spacial score (nSPS) is 10.3. The number of para-hydroxylation sites is 1.